The van der Waals surface area contributed by atoms with Gasteiger partial charge in [-0.05, 0) is 31.5 Å². The molecule has 7 heteroatoms. The molecule has 6 nitrogen and oxygen atoms in total. The van der Waals surface area contributed by atoms with E-state index in [0.717, 1.165) is 5.56 Å². The fraction of sp³-hybridized carbons (Fsp3) is 0.533. The summed E-state index contributed by atoms with van der Waals surface area (Å²) in [6, 6.07) is 6.92. The molecule has 0 unspecified atom stereocenters. The molecule has 122 valence electrons. The molecule has 1 fully saturated rings. The third-order valence-corrected chi connectivity index (χ3v) is 5.51. The quantitative estimate of drug-likeness (QED) is 0.751. The number of piperazine rings is 1. The van der Waals surface area contributed by atoms with Crippen molar-refractivity contribution in [2.24, 2.45) is 0 Å². The van der Waals surface area contributed by atoms with Crippen molar-refractivity contribution >= 4 is 16.0 Å². The van der Waals surface area contributed by atoms with E-state index in [4.69, 9.17) is 4.74 Å². The van der Waals surface area contributed by atoms with Crippen LogP contribution in [0, 0.1) is 6.92 Å². The fourth-order valence-corrected chi connectivity index (χ4v) is 3.97. The van der Waals surface area contributed by atoms with Crippen LogP contribution in [-0.2, 0) is 19.6 Å². The minimum atomic E-state index is -3.46. The number of benzene rings is 1. The van der Waals surface area contributed by atoms with Gasteiger partial charge in [-0.3, -0.25) is 9.69 Å². The Kier molecular flexibility index (Phi) is 5.55. The van der Waals surface area contributed by atoms with Crippen molar-refractivity contribution in [3.8, 4) is 0 Å². The summed E-state index contributed by atoms with van der Waals surface area (Å²) in [5, 5.41) is 0. The van der Waals surface area contributed by atoms with Gasteiger partial charge in [-0.15, -0.1) is 0 Å². The highest BCUT2D eigenvalue weighted by Gasteiger charge is 2.29. The number of carbonyl (C=O) groups excluding carboxylic acids is 1. The first-order valence-electron chi connectivity index (χ1n) is 7.38. The van der Waals surface area contributed by atoms with Crippen molar-refractivity contribution in [2.45, 2.75) is 18.7 Å². The number of ether oxygens (including phenoxy) is 1. The summed E-state index contributed by atoms with van der Waals surface area (Å²) in [5.74, 6) is -0.266. The van der Waals surface area contributed by atoms with E-state index in [1.807, 2.05) is 17.9 Å². The van der Waals surface area contributed by atoms with Crippen molar-refractivity contribution in [1.29, 1.82) is 0 Å². The second-order valence-corrected chi connectivity index (χ2v) is 7.24. The van der Waals surface area contributed by atoms with Gasteiger partial charge in [0.2, 0.25) is 10.0 Å². The molecule has 0 atom stereocenters. The van der Waals surface area contributed by atoms with Gasteiger partial charge in [0, 0.05) is 26.2 Å². The third kappa shape index (κ3) is 4.06. The molecule has 0 radical (unpaired) electrons. The molecule has 1 saturated heterocycles. The van der Waals surface area contributed by atoms with Crippen LogP contribution in [0.15, 0.2) is 29.2 Å². The van der Waals surface area contributed by atoms with E-state index in [0.29, 0.717) is 37.7 Å². The minimum Gasteiger partial charge on any atom is -0.465 e. The topological polar surface area (TPSA) is 66.9 Å². The van der Waals surface area contributed by atoms with Crippen LogP contribution in [0.2, 0.25) is 0 Å². The van der Waals surface area contributed by atoms with Gasteiger partial charge in [-0.1, -0.05) is 12.1 Å². The van der Waals surface area contributed by atoms with E-state index in [1.165, 1.54) is 4.31 Å². The number of aryl methyl sites for hydroxylation is 1. The molecular formula is C15H22N2O4S. The molecule has 1 aromatic rings. The van der Waals surface area contributed by atoms with Crippen molar-refractivity contribution in [2.75, 3.05) is 39.3 Å². The minimum absolute atomic E-state index is 0.214. The maximum absolute atomic E-state index is 12.6. The molecule has 2 rings (SSSR count). The summed E-state index contributed by atoms with van der Waals surface area (Å²) < 4.78 is 31.6. The van der Waals surface area contributed by atoms with Gasteiger partial charge >= 0.3 is 5.97 Å². The van der Waals surface area contributed by atoms with E-state index >= 15 is 0 Å². The van der Waals surface area contributed by atoms with Crippen molar-refractivity contribution in [1.82, 2.24) is 9.21 Å². The van der Waals surface area contributed by atoms with Crippen LogP contribution in [0.1, 0.15) is 12.5 Å². The number of hydrogen-bond donors (Lipinski definition) is 0. The van der Waals surface area contributed by atoms with Gasteiger partial charge in [0.15, 0.2) is 0 Å². The molecule has 0 saturated carbocycles. The number of carbonyl (C=O) groups is 1. The zero-order chi connectivity index (χ0) is 16.2. The summed E-state index contributed by atoms with van der Waals surface area (Å²) in [6.07, 6.45) is 0. The molecular weight excluding hydrogens is 304 g/mol. The van der Waals surface area contributed by atoms with Gasteiger partial charge < -0.3 is 4.74 Å². The van der Waals surface area contributed by atoms with Crippen molar-refractivity contribution in [3.05, 3.63) is 29.8 Å². The lowest BCUT2D eigenvalue weighted by Crippen LogP contribution is -2.49. The van der Waals surface area contributed by atoms with Crippen LogP contribution < -0.4 is 0 Å². The predicted octanol–water partition coefficient (Wildman–Crippen LogP) is 0.864. The summed E-state index contributed by atoms with van der Waals surface area (Å²) in [7, 11) is -3.46. The highest BCUT2D eigenvalue weighted by atomic mass is 32.2. The average molecular weight is 326 g/mol. The largest absolute Gasteiger partial charge is 0.465 e. The number of nitrogens with zero attached hydrogens (tertiary/aromatic N) is 2. The number of sulfonamides is 1. The van der Waals surface area contributed by atoms with Gasteiger partial charge in [0.1, 0.15) is 0 Å². The number of rotatable bonds is 5. The van der Waals surface area contributed by atoms with Gasteiger partial charge in [0.25, 0.3) is 0 Å². The highest BCUT2D eigenvalue weighted by molar-refractivity contribution is 7.89. The number of esters is 1. The van der Waals surface area contributed by atoms with E-state index in [9.17, 15) is 13.2 Å². The monoisotopic (exact) mass is 326 g/mol. The molecule has 0 spiro atoms. The van der Waals surface area contributed by atoms with Crippen LogP contribution in [-0.4, -0.2) is 62.9 Å². The van der Waals surface area contributed by atoms with E-state index < -0.39 is 10.0 Å². The Bertz CT molecular complexity index is 622. The highest BCUT2D eigenvalue weighted by Crippen LogP contribution is 2.18. The fourth-order valence-electron chi connectivity index (χ4n) is 2.44. The molecule has 1 heterocycles. The van der Waals surface area contributed by atoms with Crippen LogP contribution >= 0.6 is 0 Å². The maximum atomic E-state index is 12.6. The lowest BCUT2D eigenvalue weighted by atomic mass is 10.2. The molecule has 22 heavy (non-hydrogen) atoms. The smallest absolute Gasteiger partial charge is 0.320 e. The van der Waals surface area contributed by atoms with Crippen LogP contribution in [0.5, 0.6) is 0 Å². The first-order valence-corrected chi connectivity index (χ1v) is 8.82. The lowest BCUT2D eigenvalue weighted by molar-refractivity contribution is -0.144. The Balaban J connectivity index is 1.97. The van der Waals surface area contributed by atoms with Crippen molar-refractivity contribution in [3.63, 3.8) is 0 Å². The van der Waals surface area contributed by atoms with Crippen LogP contribution in [0.25, 0.3) is 0 Å². The Morgan fingerprint density at radius 3 is 2.50 bits per heavy atom. The van der Waals surface area contributed by atoms with E-state index in [-0.39, 0.29) is 12.5 Å². The van der Waals surface area contributed by atoms with Crippen molar-refractivity contribution < 1.29 is 17.9 Å². The summed E-state index contributed by atoms with van der Waals surface area (Å²) in [5.41, 5.74) is 0.919. The van der Waals surface area contributed by atoms with Crippen LogP contribution in [0.4, 0.5) is 0 Å². The molecule has 1 aliphatic heterocycles. The Morgan fingerprint density at radius 2 is 1.91 bits per heavy atom. The third-order valence-electron chi connectivity index (χ3n) is 3.62. The first-order chi connectivity index (χ1) is 10.4. The predicted molar refractivity (Wildman–Crippen MR) is 83.0 cm³/mol. The molecule has 0 amide bonds. The summed E-state index contributed by atoms with van der Waals surface area (Å²) in [4.78, 5) is 13.7. The Morgan fingerprint density at radius 1 is 1.23 bits per heavy atom. The molecule has 1 aliphatic rings. The average Bonchev–Trinajstić information content (AvgIpc) is 2.48. The zero-order valence-electron chi connectivity index (χ0n) is 13.0. The summed E-state index contributed by atoms with van der Waals surface area (Å²) >= 11 is 0. The molecule has 0 bridgehead atoms. The molecule has 0 N–H and O–H groups in total. The Labute approximate surface area is 131 Å². The SMILES string of the molecule is CCOC(=O)CN1CCN(S(=O)(=O)c2cccc(C)c2)CC1. The summed E-state index contributed by atoms with van der Waals surface area (Å²) in [6.45, 7) is 6.05. The Hall–Kier alpha value is -1.44. The molecule has 1 aromatic carbocycles. The number of hydrogen-bond acceptors (Lipinski definition) is 5. The lowest BCUT2D eigenvalue weighted by Gasteiger charge is -2.33. The van der Waals surface area contributed by atoms with Crippen LogP contribution in [0.3, 0.4) is 0 Å². The molecule has 0 aromatic heterocycles. The first kappa shape index (κ1) is 16.9. The molecule has 0 aliphatic carbocycles. The van der Waals surface area contributed by atoms with Gasteiger partial charge in [0.05, 0.1) is 18.0 Å². The normalized spacial score (nSPS) is 17.4. The van der Waals surface area contributed by atoms with Gasteiger partial charge in [-0.25, -0.2) is 8.42 Å². The standard InChI is InChI=1S/C15H22N2O4S/c1-3-21-15(18)12-16-7-9-17(10-8-16)22(19,20)14-6-4-5-13(2)11-14/h4-6,11H,3,7-10,12H2,1-2H3. The van der Waals surface area contributed by atoms with E-state index in [2.05, 4.69) is 0 Å². The maximum Gasteiger partial charge on any atom is 0.320 e. The second kappa shape index (κ2) is 7.21. The second-order valence-electron chi connectivity index (χ2n) is 5.30. The van der Waals surface area contributed by atoms with Gasteiger partial charge in [-0.2, -0.15) is 4.31 Å². The van der Waals surface area contributed by atoms with E-state index in [1.54, 1.807) is 25.1 Å². The zero-order valence-corrected chi connectivity index (χ0v) is 13.8.